The number of hydrogen-bond acceptors (Lipinski definition) is 4. The monoisotopic (exact) mass is 416 g/mol. The van der Waals surface area contributed by atoms with Crippen LogP contribution in [0.1, 0.15) is 46.0 Å². The van der Waals surface area contributed by atoms with Gasteiger partial charge in [-0.1, -0.05) is 38.1 Å². The molecule has 3 aromatic rings. The van der Waals surface area contributed by atoms with E-state index in [0.717, 1.165) is 16.3 Å². The Balaban J connectivity index is 1.50. The minimum atomic E-state index is -0.902. The van der Waals surface area contributed by atoms with Gasteiger partial charge < -0.3 is 9.88 Å². The number of anilines is 1. The van der Waals surface area contributed by atoms with Crippen molar-refractivity contribution < 1.29 is 14.4 Å². The van der Waals surface area contributed by atoms with Crippen molar-refractivity contribution in [2.45, 2.75) is 33.4 Å². The van der Waals surface area contributed by atoms with Gasteiger partial charge in [0.25, 0.3) is 11.8 Å². The zero-order valence-electron chi connectivity index (χ0n) is 17.7. The van der Waals surface area contributed by atoms with Crippen molar-refractivity contribution >= 4 is 23.4 Å². The molecule has 1 aliphatic heterocycles. The predicted octanol–water partition coefficient (Wildman–Crippen LogP) is 3.50. The van der Waals surface area contributed by atoms with E-state index in [2.05, 4.69) is 10.3 Å². The second-order valence-corrected chi connectivity index (χ2v) is 8.00. The summed E-state index contributed by atoms with van der Waals surface area (Å²) in [5.41, 5.74) is 2.36. The van der Waals surface area contributed by atoms with E-state index >= 15 is 0 Å². The molecular formula is C24H24N4O3. The van der Waals surface area contributed by atoms with E-state index in [4.69, 9.17) is 0 Å². The Kier molecular flexibility index (Phi) is 5.42. The van der Waals surface area contributed by atoms with Gasteiger partial charge in [-0.25, -0.2) is 4.98 Å². The molecule has 3 amide bonds. The van der Waals surface area contributed by atoms with Crippen molar-refractivity contribution in [1.29, 1.82) is 0 Å². The van der Waals surface area contributed by atoms with Crippen molar-refractivity contribution in [3.63, 3.8) is 0 Å². The molecule has 1 unspecified atom stereocenters. The molecule has 1 N–H and O–H groups in total. The fraction of sp³-hybridized carbons (Fsp3) is 0.250. The van der Waals surface area contributed by atoms with Crippen molar-refractivity contribution in [2.24, 2.45) is 5.92 Å². The molecule has 31 heavy (non-hydrogen) atoms. The van der Waals surface area contributed by atoms with E-state index in [9.17, 15) is 14.4 Å². The predicted molar refractivity (Wildman–Crippen MR) is 117 cm³/mol. The number of rotatable bonds is 6. The summed E-state index contributed by atoms with van der Waals surface area (Å²) in [5.74, 6) is -0.562. The number of imidazole rings is 1. The molecule has 2 aromatic carbocycles. The largest absolute Gasteiger partial charge is 0.331 e. The van der Waals surface area contributed by atoms with Crippen LogP contribution in [-0.2, 0) is 11.3 Å². The lowest BCUT2D eigenvalue weighted by atomic mass is 10.0. The summed E-state index contributed by atoms with van der Waals surface area (Å²) in [4.78, 5) is 44.1. The molecule has 158 valence electrons. The molecule has 1 aromatic heterocycles. The Labute approximate surface area is 180 Å². The first-order chi connectivity index (χ1) is 14.9. The number of nitrogens with one attached hydrogen (secondary N) is 1. The maximum absolute atomic E-state index is 13.1. The standard InChI is InChI=1S/C24H24N4O3/c1-15(2)21(28-23(30)19-6-4-5-7-20(19)24(28)31)22(29)26-18-10-8-17(9-11-18)14-27-13-12-25-16(27)3/h4-13,15,21H,14H2,1-3H3,(H,26,29). The SMILES string of the molecule is Cc1nccn1Cc1ccc(NC(=O)C(C(C)C)N2C(=O)c3ccccc3C2=O)cc1. The van der Waals surface area contributed by atoms with Crippen molar-refractivity contribution in [3.05, 3.63) is 83.4 Å². The number of benzene rings is 2. The van der Waals surface area contributed by atoms with Crippen LogP contribution in [-0.4, -0.2) is 38.2 Å². The van der Waals surface area contributed by atoms with Gasteiger partial charge >= 0.3 is 0 Å². The third-order valence-corrected chi connectivity index (χ3v) is 5.50. The molecule has 0 aliphatic carbocycles. The summed E-state index contributed by atoms with van der Waals surface area (Å²) in [6.07, 6.45) is 3.68. The lowest BCUT2D eigenvalue weighted by molar-refractivity contribution is -0.121. The summed E-state index contributed by atoms with van der Waals surface area (Å²) in [6, 6.07) is 13.3. The average molecular weight is 416 g/mol. The summed E-state index contributed by atoms with van der Waals surface area (Å²) < 4.78 is 2.03. The molecular weight excluding hydrogens is 392 g/mol. The topological polar surface area (TPSA) is 84.3 Å². The van der Waals surface area contributed by atoms with Gasteiger partial charge in [0.2, 0.25) is 5.91 Å². The van der Waals surface area contributed by atoms with Crippen LogP contribution in [0.3, 0.4) is 0 Å². The summed E-state index contributed by atoms with van der Waals surface area (Å²) in [6.45, 7) is 6.28. The quantitative estimate of drug-likeness (QED) is 0.624. The number of imide groups is 1. The van der Waals surface area contributed by atoms with Crippen molar-refractivity contribution in [2.75, 3.05) is 5.32 Å². The van der Waals surface area contributed by atoms with Gasteiger partial charge in [0.1, 0.15) is 11.9 Å². The van der Waals surface area contributed by atoms with Gasteiger partial charge in [0.15, 0.2) is 0 Å². The summed E-state index contributed by atoms with van der Waals surface area (Å²) >= 11 is 0. The third-order valence-electron chi connectivity index (χ3n) is 5.50. The van der Waals surface area contributed by atoms with Crippen molar-refractivity contribution in [3.8, 4) is 0 Å². The third kappa shape index (κ3) is 3.86. The van der Waals surface area contributed by atoms with Crippen LogP contribution in [0, 0.1) is 12.8 Å². The Morgan fingerprint density at radius 3 is 2.13 bits per heavy atom. The zero-order chi connectivity index (χ0) is 22.1. The van der Waals surface area contributed by atoms with Crippen molar-refractivity contribution in [1.82, 2.24) is 14.5 Å². The minimum absolute atomic E-state index is 0.245. The number of carbonyl (C=O) groups excluding carboxylic acids is 3. The highest BCUT2D eigenvalue weighted by Gasteiger charge is 2.43. The van der Waals surface area contributed by atoms with Crippen LogP contribution in [0.4, 0.5) is 5.69 Å². The van der Waals surface area contributed by atoms with Crippen LogP contribution in [0.25, 0.3) is 0 Å². The number of aromatic nitrogens is 2. The zero-order valence-corrected chi connectivity index (χ0v) is 17.7. The fourth-order valence-corrected chi connectivity index (χ4v) is 3.86. The first-order valence-corrected chi connectivity index (χ1v) is 10.2. The van der Waals surface area contributed by atoms with Gasteiger partial charge in [0, 0.05) is 24.6 Å². The van der Waals surface area contributed by atoms with E-state index in [-0.39, 0.29) is 11.8 Å². The number of aryl methyl sites for hydroxylation is 1. The van der Waals surface area contributed by atoms with Gasteiger partial charge in [0.05, 0.1) is 11.1 Å². The van der Waals surface area contributed by atoms with Gasteiger partial charge in [-0.15, -0.1) is 0 Å². The Morgan fingerprint density at radius 1 is 1.00 bits per heavy atom. The molecule has 2 heterocycles. The maximum Gasteiger partial charge on any atom is 0.262 e. The molecule has 1 atom stereocenters. The lowest BCUT2D eigenvalue weighted by Crippen LogP contribution is -2.50. The molecule has 7 heteroatoms. The molecule has 0 saturated heterocycles. The average Bonchev–Trinajstić information content (AvgIpc) is 3.26. The van der Waals surface area contributed by atoms with Gasteiger partial charge in [-0.05, 0) is 42.7 Å². The molecule has 0 fully saturated rings. The van der Waals surface area contributed by atoms with Crippen LogP contribution < -0.4 is 5.32 Å². The molecule has 0 spiro atoms. The molecule has 1 aliphatic rings. The molecule has 4 rings (SSSR count). The van der Waals surface area contributed by atoms with Crippen LogP contribution >= 0.6 is 0 Å². The first-order valence-electron chi connectivity index (χ1n) is 10.2. The molecule has 7 nitrogen and oxygen atoms in total. The minimum Gasteiger partial charge on any atom is -0.331 e. The highest BCUT2D eigenvalue weighted by atomic mass is 16.2. The van der Waals surface area contributed by atoms with Gasteiger partial charge in [-0.3, -0.25) is 19.3 Å². The highest BCUT2D eigenvalue weighted by molar-refractivity contribution is 6.23. The lowest BCUT2D eigenvalue weighted by Gasteiger charge is -2.28. The Bertz CT molecular complexity index is 1110. The number of carbonyl (C=O) groups is 3. The number of hydrogen-bond donors (Lipinski definition) is 1. The fourth-order valence-electron chi connectivity index (χ4n) is 3.86. The molecule has 0 radical (unpaired) electrons. The highest BCUT2D eigenvalue weighted by Crippen LogP contribution is 2.28. The van der Waals surface area contributed by atoms with E-state index in [1.54, 1.807) is 30.5 Å². The first kappa shape index (κ1) is 20.5. The second kappa shape index (κ2) is 8.18. The number of amides is 3. The maximum atomic E-state index is 13.1. The van der Waals surface area contributed by atoms with E-state index in [0.29, 0.717) is 23.4 Å². The van der Waals surface area contributed by atoms with Crippen LogP contribution in [0.15, 0.2) is 60.9 Å². The Morgan fingerprint density at radius 2 is 1.61 bits per heavy atom. The molecule has 0 bridgehead atoms. The van der Waals surface area contributed by atoms with E-state index < -0.39 is 17.9 Å². The van der Waals surface area contributed by atoms with Gasteiger partial charge in [-0.2, -0.15) is 0 Å². The smallest absolute Gasteiger partial charge is 0.262 e. The normalized spacial score (nSPS) is 14.1. The second-order valence-electron chi connectivity index (χ2n) is 8.00. The number of fused-ring (bicyclic) bond motifs is 1. The van der Waals surface area contributed by atoms with Crippen LogP contribution in [0.5, 0.6) is 0 Å². The molecule has 0 saturated carbocycles. The van der Waals surface area contributed by atoms with Crippen LogP contribution in [0.2, 0.25) is 0 Å². The van der Waals surface area contributed by atoms with E-state index in [1.165, 1.54) is 0 Å². The van der Waals surface area contributed by atoms with E-state index in [1.807, 2.05) is 55.8 Å². The number of nitrogens with zero attached hydrogens (tertiary/aromatic N) is 3. The summed E-state index contributed by atoms with van der Waals surface area (Å²) in [5, 5.41) is 2.86. The Hall–Kier alpha value is -3.74. The summed E-state index contributed by atoms with van der Waals surface area (Å²) in [7, 11) is 0.